The van der Waals surface area contributed by atoms with E-state index in [1.165, 1.54) is 42.3 Å². The lowest BCUT2D eigenvalue weighted by atomic mass is 10.1. The van der Waals surface area contributed by atoms with E-state index in [2.05, 4.69) is 25.1 Å². The van der Waals surface area contributed by atoms with Crippen LogP contribution in [0, 0.1) is 0 Å². The van der Waals surface area contributed by atoms with Crippen molar-refractivity contribution in [2.45, 2.75) is 36.3 Å². The Morgan fingerprint density at radius 3 is 2.62 bits per heavy atom. The van der Waals surface area contributed by atoms with Crippen molar-refractivity contribution in [2.24, 2.45) is 0 Å². The van der Waals surface area contributed by atoms with Crippen LogP contribution in [0.15, 0.2) is 59.6 Å². The van der Waals surface area contributed by atoms with Crippen LogP contribution in [0.3, 0.4) is 0 Å². The number of aromatic nitrogens is 3. The van der Waals surface area contributed by atoms with E-state index in [0.29, 0.717) is 30.8 Å². The molecule has 1 aromatic heterocycles. The minimum Gasteiger partial charge on any atom is -0.464 e. The highest BCUT2D eigenvalue weighted by molar-refractivity contribution is 7.98. The molecule has 1 aliphatic heterocycles. The van der Waals surface area contributed by atoms with Gasteiger partial charge in [-0.15, -0.1) is 30.0 Å². The zero-order valence-electron chi connectivity index (χ0n) is 19.9. The number of ether oxygens (including phenoxy) is 2. The molecule has 196 valence electrons. The lowest BCUT2D eigenvalue weighted by Crippen LogP contribution is -2.39. The number of nitrogens with one attached hydrogen (secondary N) is 1. The molecule has 37 heavy (non-hydrogen) atoms. The summed E-state index contributed by atoms with van der Waals surface area (Å²) in [5, 5.41) is 10.8. The van der Waals surface area contributed by atoms with E-state index < -0.39 is 18.4 Å². The van der Waals surface area contributed by atoms with Crippen molar-refractivity contribution < 1.29 is 32.2 Å². The minimum atomic E-state index is -4.78. The fraction of sp³-hybridized carbons (Fsp3) is 0.333. The van der Waals surface area contributed by atoms with Crippen LogP contribution >= 0.6 is 11.8 Å². The molecule has 1 fully saturated rings. The number of amides is 1. The van der Waals surface area contributed by atoms with E-state index in [4.69, 9.17) is 0 Å². The topological polar surface area (TPSA) is 98.6 Å². The summed E-state index contributed by atoms with van der Waals surface area (Å²) in [6, 6.07) is 12.1. The predicted octanol–water partition coefficient (Wildman–Crippen LogP) is 4.14. The predicted molar refractivity (Wildman–Crippen MR) is 129 cm³/mol. The van der Waals surface area contributed by atoms with Crippen molar-refractivity contribution in [2.75, 3.05) is 25.2 Å². The second-order valence-corrected chi connectivity index (χ2v) is 9.20. The first-order chi connectivity index (χ1) is 17.6. The number of carbonyl (C=O) groups excluding carboxylic acids is 2. The molecule has 2 atom stereocenters. The SMILES string of the molecule is COC(=O)c1cn([C@H]2C[C@@H](C(=O)Nc3cccc(SC)c3)N(Cc3ccc(OC(F)(F)F)cc3)C2)nn1. The standard InChI is InChI=1S/C24H24F3N5O4S/c1-35-23(34)20-14-32(30-29-20)17-11-21(22(33)28-16-4-3-5-19(10-16)37-2)31(13-17)12-15-6-8-18(9-7-15)36-24(25,26)27/h3-10,14,17,21H,11-13H2,1-2H3,(H,28,33)/t17-,21-/m0/s1. The Balaban J connectivity index is 1.53. The van der Waals surface area contributed by atoms with Gasteiger partial charge < -0.3 is 14.8 Å². The molecule has 0 saturated carbocycles. The molecule has 1 saturated heterocycles. The molecule has 1 amide bonds. The normalized spacial score (nSPS) is 18.0. The molecular weight excluding hydrogens is 511 g/mol. The molecule has 13 heteroatoms. The number of hydrogen-bond acceptors (Lipinski definition) is 8. The number of thioether (sulfide) groups is 1. The third-order valence-electron chi connectivity index (χ3n) is 5.84. The Labute approximate surface area is 214 Å². The van der Waals surface area contributed by atoms with Crippen LogP contribution in [-0.2, 0) is 16.1 Å². The lowest BCUT2D eigenvalue weighted by Gasteiger charge is -2.23. The van der Waals surface area contributed by atoms with Gasteiger partial charge in [-0.1, -0.05) is 23.4 Å². The van der Waals surface area contributed by atoms with Crippen molar-refractivity contribution in [3.63, 3.8) is 0 Å². The van der Waals surface area contributed by atoms with E-state index in [1.807, 2.05) is 29.4 Å². The van der Waals surface area contributed by atoms with Crippen LogP contribution in [0.1, 0.15) is 28.5 Å². The molecule has 0 spiro atoms. The molecule has 3 aromatic rings. The first-order valence-corrected chi connectivity index (χ1v) is 12.4. The van der Waals surface area contributed by atoms with Gasteiger partial charge in [-0.2, -0.15) is 0 Å². The van der Waals surface area contributed by atoms with Gasteiger partial charge in [0.25, 0.3) is 0 Å². The van der Waals surface area contributed by atoms with Crippen LogP contribution in [-0.4, -0.2) is 64.1 Å². The molecule has 1 N–H and O–H groups in total. The number of halogens is 3. The van der Waals surface area contributed by atoms with Crippen molar-refractivity contribution in [1.82, 2.24) is 19.9 Å². The number of hydrogen-bond donors (Lipinski definition) is 1. The smallest absolute Gasteiger partial charge is 0.464 e. The number of esters is 1. The van der Waals surface area contributed by atoms with E-state index in [-0.39, 0.29) is 23.4 Å². The number of benzene rings is 2. The highest BCUT2D eigenvalue weighted by Crippen LogP contribution is 2.31. The Kier molecular flexibility index (Phi) is 8.03. The Hall–Kier alpha value is -3.58. The average Bonchev–Trinajstić information content (AvgIpc) is 3.52. The second kappa shape index (κ2) is 11.2. The van der Waals surface area contributed by atoms with Gasteiger partial charge in [0.05, 0.1) is 25.4 Å². The van der Waals surface area contributed by atoms with Gasteiger partial charge in [-0.3, -0.25) is 9.69 Å². The average molecular weight is 536 g/mol. The van der Waals surface area contributed by atoms with Crippen LogP contribution in [0.2, 0.25) is 0 Å². The second-order valence-electron chi connectivity index (χ2n) is 8.32. The maximum Gasteiger partial charge on any atom is 0.573 e. The van der Waals surface area contributed by atoms with Gasteiger partial charge >= 0.3 is 12.3 Å². The molecule has 0 radical (unpaired) electrons. The molecule has 0 aliphatic carbocycles. The summed E-state index contributed by atoms with van der Waals surface area (Å²) in [6.45, 7) is 0.692. The largest absolute Gasteiger partial charge is 0.573 e. The molecule has 0 unspecified atom stereocenters. The summed E-state index contributed by atoms with van der Waals surface area (Å²) in [5.41, 5.74) is 1.41. The molecule has 4 rings (SSSR count). The number of methoxy groups -OCH3 is 1. The van der Waals surface area contributed by atoms with Gasteiger partial charge in [0.15, 0.2) is 5.69 Å². The van der Waals surface area contributed by atoms with E-state index >= 15 is 0 Å². The van der Waals surface area contributed by atoms with Gasteiger partial charge in [-0.05, 0) is 48.6 Å². The number of alkyl halides is 3. The first kappa shape index (κ1) is 26.5. The van der Waals surface area contributed by atoms with Crippen molar-refractivity contribution in [3.05, 3.63) is 66.0 Å². The fourth-order valence-corrected chi connectivity index (χ4v) is 4.59. The maximum absolute atomic E-state index is 13.3. The summed E-state index contributed by atoms with van der Waals surface area (Å²) in [7, 11) is 1.25. The minimum absolute atomic E-state index is 0.0519. The van der Waals surface area contributed by atoms with E-state index in [0.717, 1.165) is 4.90 Å². The third-order valence-corrected chi connectivity index (χ3v) is 6.57. The Morgan fingerprint density at radius 2 is 1.95 bits per heavy atom. The number of rotatable bonds is 8. The number of anilines is 1. The molecule has 2 heterocycles. The number of carbonyl (C=O) groups is 2. The van der Waals surface area contributed by atoms with Crippen LogP contribution in [0.4, 0.5) is 18.9 Å². The molecule has 2 aromatic carbocycles. The van der Waals surface area contributed by atoms with Crippen molar-refractivity contribution in [3.8, 4) is 5.75 Å². The number of nitrogens with zero attached hydrogens (tertiary/aromatic N) is 4. The summed E-state index contributed by atoms with van der Waals surface area (Å²) in [5.74, 6) is -1.17. The van der Waals surface area contributed by atoms with Gasteiger partial charge in [0.1, 0.15) is 5.75 Å². The summed E-state index contributed by atoms with van der Waals surface area (Å²) in [4.78, 5) is 28.0. The van der Waals surface area contributed by atoms with Crippen LogP contribution in [0.25, 0.3) is 0 Å². The van der Waals surface area contributed by atoms with Gasteiger partial charge in [0, 0.05) is 23.7 Å². The van der Waals surface area contributed by atoms with E-state index in [1.54, 1.807) is 17.8 Å². The molecule has 9 nitrogen and oxygen atoms in total. The Bertz CT molecular complexity index is 1250. The maximum atomic E-state index is 13.3. The monoisotopic (exact) mass is 535 g/mol. The molecule has 0 bridgehead atoms. The summed E-state index contributed by atoms with van der Waals surface area (Å²) < 4.78 is 47.6. The molecule has 1 aliphatic rings. The van der Waals surface area contributed by atoms with Gasteiger partial charge in [-0.25, -0.2) is 9.48 Å². The van der Waals surface area contributed by atoms with Crippen molar-refractivity contribution in [1.29, 1.82) is 0 Å². The van der Waals surface area contributed by atoms with Gasteiger partial charge in [0.2, 0.25) is 5.91 Å². The lowest BCUT2D eigenvalue weighted by molar-refractivity contribution is -0.274. The quantitative estimate of drug-likeness (QED) is 0.340. The highest BCUT2D eigenvalue weighted by atomic mass is 32.2. The van der Waals surface area contributed by atoms with E-state index in [9.17, 15) is 22.8 Å². The van der Waals surface area contributed by atoms with Crippen LogP contribution < -0.4 is 10.1 Å². The summed E-state index contributed by atoms with van der Waals surface area (Å²) in [6.07, 6.45) is -0.981. The first-order valence-electron chi connectivity index (χ1n) is 11.2. The third kappa shape index (κ3) is 6.80. The zero-order chi connectivity index (χ0) is 26.6. The Morgan fingerprint density at radius 1 is 1.19 bits per heavy atom. The highest BCUT2D eigenvalue weighted by Gasteiger charge is 2.38. The number of likely N-dealkylation sites (tertiary alicyclic amines) is 1. The zero-order valence-corrected chi connectivity index (χ0v) is 20.8. The van der Waals surface area contributed by atoms with Crippen LogP contribution in [0.5, 0.6) is 5.75 Å². The van der Waals surface area contributed by atoms with Crippen molar-refractivity contribution >= 4 is 29.3 Å². The fourth-order valence-electron chi connectivity index (χ4n) is 4.13. The molecular formula is C24H24F3N5O4S. The summed E-state index contributed by atoms with van der Waals surface area (Å²) >= 11 is 1.55.